The van der Waals surface area contributed by atoms with Gasteiger partial charge in [-0.25, -0.2) is 0 Å². The largest absolute Gasteiger partial charge is 0.395 e. The van der Waals surface area contributed by atoms with Crippen molar-refractivity contribution in [3.8, 4) is 0 Å². The maximum Gasteiger partial charge on any atom is 0.284 e. The minimum atomic E-state index is -0.552. The van der Waals surface area contributed by atoms with Crippen LogP contribution in [0.4, 0.5) is 5.69 Å². The Morgan fingerprint density at radius 1 is 1.56 bits per heavy atom. The molecule has 0 aromatic heterocycles. The standard InChI is InChI=1S/C11H13BrN2O4/c1-2-13(6-7-15)11(16)8-4-3-5-9(10(8)12)14(17)18/h3-5,15H,2,6-7H2,1H3. The van der Waals surface area contributed by atoms with E-state index in [2.05, 4.69) is 15.9 Å². The van der Waals surface area contributed by atoms with Gasteiger partial charge in [0.1, 0.15) is 4.47 Å². The Kier molecular flexibility index (Phi) is 5.24. The van der Waals surface area contributed by atoms with Gasteiger partial charge >= 0.3 is 0 Å². The number of aliphatic hydroxyl groups is 1. The van der Waals surface area contributed by atoms with E-state index in [-0.39, 0.29) is 34.8 Å². The van der Waals surface area contributed by atoms with E-state index < -0.39 is 4.92 Å². The molecule has 0 spiro atoms. The SMILES string of the molecule is CCN(CCO)C(=O)c1cccc([N+](=O)[O-])c1Br. The number of nitro benzene ring substituents is 1. The molecule has 1 aromatic rings. The maximum atomic E-state index is 12.1. The molecule has 0 atom stereocenters. The Hall–Kier alpha value is -1.47. The lowest BCUT2D eigenvalue weighted by molar-refractivity contribution is -0.385. The van der Waals surface area contributed by atoms with Gasteiger partial charge < -0.3 is 10.0 Å². The molecular formula is C11H13BrN2O4. The van der Waals surface area contributed by atoms with Crippen LogP contribution in [0.1, 0.15) is 17.3 Å². The van der Waals surface area contributed by atoms with E-state index in [1.165, 1.54) is 23.1 Å². The third kappa shape index (κ3) is 3.05. The lowest BCUT2D eigenvalue weighted by Gasteiger charge is -2.20. The molecule has 1 aromatic carbocycles. The molecular weight excluding hydrogens is 304 g/mol. The van der Waals surface area contributed by atoms with Gasteiger partial charge in [-0.3, -0.25) is 14.9 Å². The summed E-state index contributed by atoms with van der Waals surface area (Å²) in [6.45, 7) is 2.25. The predicted octanol–water partition coefficient (Wildman–Crippen LogP) is 1.81. The zero-order valence-electron chi connectivity index (χ0n) is 9.80. The van der Waals surface area contributed by atoms with Crippen LogP contribution in [-0.4, -0.2) is 40.5 Å². The molecule has 0 aliphatic heterocycles. The molecule has 0 aliphatic carbocycles. The second-order valence-electron chi connectivity index (χ2n) is 3.50. The van der Waals surface area contributed by atoms with E-state index in [0.29, 0.717) is 6.54 Å². The summed E-state index contributed by atoms with van der Waals surface area (Å²) in [5.41, 5.74) is 0.0698. The van der Waals surface area contributed by atoms with Crippen LogP contribution in [-0.2, 0) is 0 Å². The van der Waals surface area contributed by atoms with Gasteiger partial charge in [-0.05, 0) is 28.9 Å². The van der Waals surface area contributed by atoms with Crippen molar-refractivity contribution >= 4 is 27.5 Å². The number of amides is 1. The average Bonchev–Trinajstić information content (AvgIpc) is 2.35. The van der Waals surface area contributed by atoms with Crippen molar-refractivity contribution in [3.63, 3.8) is 0 Å². The molecule has 0 fully saturated rings. The number of nitro groups is 1. The molecule has 6 nitrogen and oxygen atoms in total. The van der Waals surface area contributed by atoms with Crippen molar-refractivity contribution in [1.82, 2.24) is 4.90 Å². The highest BCUT2D eigenvalue weighted by atomic mass is 79.9. The molecule has 1 rings (SSSR count). The Balaban J connectivity index is 3.13. The lowest BCUT2D eigenvalue weighted by atomic mass is 10.1. The molecule has 0 heterocycles. The first kappa shape index (κ1) is 14.6. The summed E-state index contributed by atoms with van der Waals surface area (Å²) in [4.78, 5) is 23.8. The van der Waals surface area contributed by atoms with Crippen LogP contribution in [0.3, 0.4) is 0 Å². The summed E-state index contributed by atoms with van der Waals surface area (Å²) in [6.07, 6.45) is 0. The normalized spacial score (nSPS) is 10.2. The molecule has 0 bridgehead atoms. The molecule has 98 valence electrons. The smallest absolute Gasteiger partial charge is 0.284 e. The maximum absolute atomic E-state index is 12.1. The lowest BCUT2D eigenvalue weighted by Crippen LogP contribution is -2.33. The number of likely N-dealkylation sites (N-methyl/N-ethyl adjacent to an activating group) is 1. The molecule has 1 N–H and O–H groups in total. The first-order valence-electron chi connectivity index (χ1n) is 5.36. The minimum Gasteiger partial charge on any atom is -0.395 e. The van der Waals surface area contributed by atoms with Crippen molar-refractivity contribution < 1.29 is 14.8 Å². The summed E-state index contributed by atoms with van der Waals surface area (Å²) in [7, 11) is 0. The first-order valence-corrected chi connectivity index (χ1v) is 6.15. The molecule has 0 aliphatic rings. The van der Waals surface area contributed by atoms with Gasteiger partial charge in [0.2, 0.25) is 0 Å². The van der Waals surface area contributed by atoms with Crippen molar-refractivity contribution in [2.45, 2.75) is 6.92 Å². The van der Waals surface area contributed by atoms with Gasteiger partial charge in [-0.2, -0.15) is 0 Å². The van der Waals surface area contributed by atoms with E-state index in [1.54, 1.807) is 6.92 Å². The topological polar surface area (TPSA) is 83.7 Å². The van der Waals surface area contributed by atoms with Gasteiger partial charge in [-0.15, -0.1) is 0 Å². The Labute approximate surface area is 112 Å². The number of carbonyl (C=O) groups is 1. The molecule has 0 unspecified atom stereocenters. The number of carbonyl (C=O) groups excluding carboxylic acids is 1. The zero-order chi connectivity index (χ0) is 13.7. The number of aliphatic hydroxyl groups excluding tert-OH is 1. The van der Waals surface area contributed by atoms with Crippen LogP contribution < -0.4 is 0 Å². The van der Waals surface area contributed by atoms with E-state index in [0.717, 1.165) is 0 Å². The molecule has 0 saturated heterocycles. The first-order chi connectivity index (χ1) is 8.52. The van der Waals surface area contributed by atoms with E-state index in [1.807, 2.05) is 0 Å². The Morgan fingerprint density at radius 3 is 2.72 bits per heavy atom. The van der Waals surface area contributed by atoms with Gasteiger partial charge in [0.25, 0.3) is 11.6 Å². The monoisotopic (exact) mass is 316 g/mol. The fourth-order valence-electron chi connectivity index (χ4n) is 1.52. The van der Waals surface area contributed by atoms with E-state index in [4.69, 9.17) is 5.11 Å². The van der Waals surface area contributed by atoms with Crippen LogP contribution in [0.2, 0.25) is 0 Å². The number of benzene rings is 1. The van der Waals surface area contributed by atoms with Crippen LogP contribution >= 0.6 is 15.9 Å². The fourth-order valence-corrected chi connectivity index (χ4v) is 2.10. The Bertz CT molecular complexity index is 464. The van der Waals surface area contributed by atoms with Gasteiger partial charge in [0.05, 0.1) is 17.1 Å². The summed E-state index contributed by atoms with van der Waals surface area (Å²) in [6, 6.07) is 4.30. The highest BCUT2D eigenvalue weighted by Gasteiger charge is 2.22. The van der Waals surface area contributed by atoms with Crippen molar-refractivity contribution in [2.75, 3.05) is 19.7 Å². The third-order valence-corrected chi connectivity index (χ3v) is 3.28. The van der Waals surface area contributed by atoms with Crippen LogP contribution in [0.25, 0.3) is 0 Å². The summed E-state index contributed by atoms with van der Waals surface area (Å²) < 4.78 is 0.163. The van der Waals surface area contributed by atoms with E-state index >= 15 is 0 Å². The zero-order valence-corrected chi connectivity index (χ0v) is 11.4. The number of hydrogen-bond acceptors (Lipinski definition) is 4. The van der Waals surface area contributed by atoms with Crippen molar-refractivity contribution in [2.24, 2.45) is 0 Å². The molecule has 18 heavy (non-hydrogen) atoms. The van der Waals surface area contributed by atoms with Crippen LogP contribution in [0.15, 0.2) is 22.7 Å². The number of hydrogen-bond donors (Lipinski definition) is 1. The molecule has 0 saturated carbocycles. The fraction of sp³-hybridized carbons (Fsp3) is 0.364. The van der Waals surface area contributed by atoms with Gasteiger partial charge in [0.15, 0.2) is 0 Å². The molecule has 7 heteroatoms. The van der Waals surface area contributed by atoms with Gasteiger partial charge in [-0.1, -0.05) is 6.07 Å². The quantitative estimate of drug-likeness (QED) is 0.663. The number of nitrogens with zero attached hydrogens (tertiary/aromatic N) is 2. The average molecular weight is 317 g/mol. The van der Waals surface area contributed by atoms with Crippen LogP contribution in [0.5, 0.6) is 0 Å². The summed E-state index contributed by atoms with van der Waals surface area (Å²) >= 11 is 3.08. The highest BCUT2D eigenvalue weighted by molar-refractivity contribution is 9.10. The summed E-state index contributed by atoms with van der Waals surface area (Å²) in [5, 5.41) is 19.6. The Morgan fingerprint density at radius 2 is 2.22 bits per heavy atom. The molecule has 0 radical (unpaired) electrons. The third-order valence-electron chi connectivity index (χ3n) is 2.44. The van der Waals surface area contributed by atoms with Gasteiger partial charge in [0, 0.05) is 19.2 Å². The second-order valence-corrected chi connectivity index (χ2v) is 4.30. The molecule has 1 amide bonds. The number of rotatable bonds is 5. The minimum absolute atomic E-state index is 0.147. The van der Waals surface area contributed by atoms with E-state index in [9.17, 15) is 14.9 Å². The van der Waals surface area contributed by atoms with Crippen molar-refractivity contribution in [1.29, 1.82) is 0 Å². The second kappa shape index (κ2) is 6.46. The van der Waals surface area contributed by atoms with Crippen molar-refractivity contribution in [3.05, 3.63) is 38.3 Å². The number of halogens is 1. The predicted molar refractivity (Wildman–Crippen MR) is 69.5 cm³/mol. The van der Waals surface area contributed by atoms with Crippen LogP contribution in [0, 0.1) is 10.1 Å². The summed E-state index contributed by atoms with van der Waals surface area (Å²) in [5.74, 6) is -0.345. The highest BCUT2D eigenvalue weighted by Crippen LogP contribution is 2.29.